The molecule has 5 rings (SSSR count). The van der Waals surface area contributed by atoms with Gasteiger partial charge in [0.2, 0.25) is 5.92 Å². The minimum absolute atomic E-state index is 0. The molecule has 0 aliphatic heterocycles. The molecule has 0 fully saturated rings. The zero-order valence-corrected chi connectivity index (χ0v) is 25.2. The summed E-state index contributed by atoms with van der Waals surface area (Å²) in [5.74, 6) is -2.94. The Morgan fingerprint density at radius 2 is 0.925 bits per heavy atom. The van der Waals surface area contributed by atoms with E-state index in [0.29, 0.717) is 0 Å². The van der Waals surface area contributed by atoms with Gasteiger partial charge in [-0.15, -0.1) is 6.08 Å². The number of benzene rings is 4. The van der Waals surface area contributed by atoms with Crippen LogP contribution in [-0.2, 0) is 16.5 Å². The van der Waals surface area contributed by atoms with Crippen LogP contribution in [0.5, 0.6) is 0 Å². The molecule has 0 bridgehead atoms. The Balaban J connectivity index is 0.000000311. The summed E-state index contributed by atoms with van der Waals surface area (Å²) in [6.45, 7) is 3.41. The van der Waals surface area contributed by atoms with Crippen LogP contribution < -0.4 is 21.2 Å². The first-order valence-corrected chi connectivity index (χ1v) is 16.6. The molecule has 0 unspecified atom stereocenters. The molecule has 1 aliphatic carbocycles. The normalized spacial score (nSPS) is 13.6. The molecular formula is C35H34F2NiP2+2. The van der Waals surface area contributed by atoms with E-state index in [0.717, 1.165) is 0 Å². The molecule has 0 saturated heterocycles. The van der Waals surface area contributed by atoms with E-state index in [2.05, 4.69) is 128 Å². The molecule has 4 aromatic carbocycles. The monoisotopic (exact) mass is 612 g/mol. The summed E-state index contributed by atoms with van der Waals surface area (Å²) in [5, 5.41) is 6.06. The van der Waals surface area contributed by atoms with E-state index < -0.39 is 21.8 Å². The fraction of sp³-hybridized carbons (Fsp3) is 0.114. The Kier molecular flexibility index (Phi) is 13.2. The third-order valence-electron chi connectivity index (χ3n) is 6.56. The van der Waals surface area contributed by atoms with E-state index in [-0.39, 0.29) is 28.5 Å². The van der Waals surface area contributed by atoms with Crippen LogP contribution in [0.1, 0.15) is 6.42 Å². The Morgan fingerprint density at radius 1 is 0.575 bits per heavy atom. The Hall–Kier alpha value is -2.69. The van der Waals surface area contributed by atoms with Crippen molar-refractivity contribution >= 4 is 37.1 Å². The van der Waals surface area contributed by atoms with Crippen molar-refractivity contribution in [1.29, 1.82) is 0 Å². The van der Waals surface area contributed by atoms with Crippen molar-refractivity contribution < 1.29 is 25.3 Å². The molecule has 0 saturated carbocycles. The first-order valence-electron chi connectivity index (χ1n) is 13.2. The summed E-state index contributed by atoms with van der Waals surface area (Å²) in [6.07, 6.45) is 10.3. The topological polar surface area (TPSA) is 0 Å². The average Bonchev–Trinajstić information content (AvgIpc) is 3.17. The van der Waals surface area contributed by atoms with E-state index in [9.17, 15) is 8.78 Å². The standard InChI is InChI=1S/C26H24P2.C9H8F2.Ni/c1-5-13-23(14-6-1)27(24-15-7-2-8-16-24)21-22-28(25-17-9-3-10-18-25)26-19-11-4-12-20-26;1-2-8-6-4-3-5-7-9(8,10)11;/h1-20H,21-22H2;3-6H,1-2H2;/q;-2;+2/p+2. The van der Waals surface area contributed by atoms with Gasteiger partial charge in [0.25, 0.3) is 0 Å². The minimum atomic E-state index is -2.94. The van der Waals surface area contributed by atoms with Gasteiger partial charge in [0, 0.05) is 0 Å². The summed E-state index contributed by atoms with van der Waals surface area (Å²) in [4.78, 5) is 0. The van der Waals surface area contributed by atoms with Crippen LogP contribution in [0.4, 0.5) is 8.78 Å². The Bertz CT molecular complexity index is 1190. The predicted molar refractivity (Wildman–Crippen MR) is 171 cm³/mol. The van der Waals surface area contributed by atoms with Gasteiger partial charge in [-0.2, -0.15) is 12.5 Å². The number of hydrogen-bond donors (Lipinski definition) is 0. The molecule has 0 aromatic heterocycles. The van der Waals surface area contributed by atoms with Gasteiger partial charge in [-0.1, -0.05) is 78.9 Å². The second-order valence-electron chi connectivity index (χ2n) is 9.13. The summed E-state index contributed by atoms with van der Waals surface area (Å²) < 4.78 is 25.7. The first-order chi connectivity index (χ1) is 19.1. The summed E-state index contributed by atoms with van der Waals surface area (Å²) in [5.41, 5.74) is 0.00231. The van der Waals surface area contributed by atoms with Gasteiger partial charge in [-0.05, 0) is 54.1 Å². The van der Waals surface area contributed by atoms with Crippen LogP contribution in [0, 0.1) is 13.0 Å². The van der Waals surface area contributed by atoms with Crippen LogP contribution in [0.3, 0.4) is 0 Å². The number of allylic oxidation sites excluding steroid dienone is 6. The number of halogens is 2. The van der Waals surface area contributed by atoms with Gasteiger partial charge in [0.15, 0.2) is 0 Å². The largest absolute Gasteiger partial charge is 2.00 e. The van der Waals surface area contributed by atoms with Gasteiger partial charge in [-0.3, -0.25) is 0 Å². The van der Waals surface area contributed by atoms with Crippen molar-refractivity contribution in [3.05, 3.63) is 164 Å². The molecule has 0 amide bonds. The second kappa shape index (κ2) is 16.5. The average molecular weight is 613 g/mol. The van der Waals surface area contributed by atoms with Crippen LogP contribution in [0.25, 0.3) is 0 Å². The fourth-order valence-electron chi connectivity index (χ4n) is 4.54. The van der Waals surface area contributed by atoms with Crippen molar-refractivity contribution in [3.63, 3.8) is 0 Å². The van der Waals surface area contributed by atoms with E-state index >= 15 is 0 Å². The minimum Gasteiger partial charge on any atom is -0.339 e. The van der Waals surface area contributed by atoms with Crippen molar-refractivity contribution in [2.24, 2.45) is 0 Å². The van der Waals surface area contributed by atoms with E-state index in [1.54, 1.807) is 6.08 Å². The number of rotatable bonds is 8. The van der Waals surface area contributed by atoms with Gasteiger partial charge < -0.3 is 6.92 Å². The molecular weight excluding hydrogens is 579 g/mol. The van der Waals surface area contributed by atoms with Gasteiger partial charge in [0.1, 0.15) is 12.3 Å². The Morgan fingerprint density at radius 3 is 1.25 bits per heavy atom. The van der Waals surface area contributed by atoms with Crippen molar-refractivity contribution in [1.82, 2.24) is 0 Å². The van der Waals surface area contributed by atoms with Gasteiger partial charge in [0.05, 0.1) is 37.1 Å². The zero-order valence-electron chi connectivity index (χ0n) is 22.3. The van der Waals surface area contributed by atoms with Crippen LogP contribution in [0.2, 0.25) is 0 Å². The molecule has 0 heterocycles. The summed E-state index contributed by atoms with van der Waals surface area (Å²) in [6, 6.07) is 44.5. The second-order valence-corrected chi connectivity index (χ2v) is 14.4. The third kappa shape index (κ3) is 9.18. The molecule has 0 atom stereocenters. The third-order valence-corrected chi connectivity index (χ3v) is 12.7. The van der Waals surface area contributed by atoms with Crippen LogP contribution in [-0.4, -0.2) is 18.2 Å². The molecule has 5 heteroatoms. The molecule has 40 heavy (non-hydrogen) atoms. The summed E-state index contributed by atoms with van der Waals surface area (Å²) >= 11 is 0. The van der Waals surface area contributed by atoms with Crippen LogP contribution >= 0.6 is 15.8 Å². The molecule has 0 N–H and O–H groups in total. The maximum absolute atomic E-state index is 12.8. The van der Waals surface area contributed by atoms with E-state index in [1.165, 1.54) is 51.8 Å². The first kappa shape index (κ1) is 31.8. The molecule has 206 valence electrons. The zero-order chi connectivity index (χ0) is 27.3. The molecule has 0 nitrogen and oxygen atoms in total. The smallest absolute Gasteiger partial charge is 0.339 e. The van der Waals surface area contributed by atoms with Crippen molar-refractivity contribution in [2.75, 3.05) is 12.3 Å². The van der Waals surface area contributed by atoms with Gasteiger partial charge in [-0.25, -0.2) is 20.9 Å². The quantitative estimate of drug-likeness (QED) is 0.110. The van der Waals surface area contributed by atoms with Gasteiger partial charge >= 0.3 is 16.5 Å². The molecule has 0 spiro atoms. The number of alkyl halides is 2. The molecule has 0 radical (unpaired) electrons. The molecule has 4 aromatic rings. The SMILES string of the molecule is [CH2-]CC1=CC=CC=[C-]C1(F)F.[Ni+2].c1ccc([PH+](CC[PH+](c2ccccc2)c2ccccc2)c2ccccc2)cc1. The van der Waals surface area contributed by atoms with E-state index in [4.69, 9.17) is 0 Å². The molecule has 1 aliphatic rings. The predicted octanol–water partition coefficient (Wildman–Crippen LogP) is 7.42. The van der Waals surface area contributed by atoms with Crippen molar-refractivity contribution in [2.45, 2.75) is 12.3 Å². The Labute approximate surface area is 250 Å². The van der Waals surface area contributed by atoms with E-state index in [1.807, 2.05) is 6.08 Å². The number of hydrogen-bond acceptors (Lipinski definition) is 0. The maximum atomic E-state index is 12.8. The van der Waals surface area contributed by atoms with Crippen molar-refractivity contribution in [3.8, 4) is 0 Å². The summed E-state index contributed by atoms with van der Waals surface area (Å²) in [7, 11) is -1.57. The maximum Gasteiger partial charge on any atom is 2.00 e. The fourth-order valence-corrected chi connectivity index (χ4v) is 10.7. The van der Waals surface area contributed by atoms with Crippen LogP contribution in [0.15, 0.2) is 151 Å².